The number of pyridine rings is 1. The van der Waals surface area contributed by atoms with E-state index in [1.165, 1.54) is 6.92 Å². The fourth-order valence-corrected chi connectivity index (χ4v) is 1.96. The first-order valence-corrected chi connectivity index (χ1v) is 5.81. The summed E-state index contributed by atoms with van der Waals surface area (Å²) >= 11 is 0. The van der Waals surface area contributed by atoms with E-state index in [4.69, 9.17) is 5.73 Å². The van der Waals surface area contributed by atoms with E-state index in [0.29, 0.717) is 0 Å². The van der Waals surface area contributed by atoms with Crippen molar-refractivity contribution in [3.63, 3.8) is 0 Å². The number of fused-ring (bicyclic) bond motifs is 1. The van der Waals surface area contributed by atoms with Gasteiger partial charge >= 0.3 is 5.97 Å². The highest BCUT2D eigenvalue weighted by atomic mass is 16.4. The molecule has 0 aliphatic carbocycles. The Labute approximate surface area is 110 Å². The Morgan fingerprint density at radius 3 is 2.63 bits per heavy atom. The van der Waals surface area contributed by atoms with Crippen LogP contribution in [-0.4, -0.2) is 22.0 Å². The maximum Gasteiger partial charge on any atom is 0.319 e. The Morgan fingerprint density at radius 2 is 2.00 bits per heavy atom. The van der Waals surface area contributed by atoms with Crippen LogP contribution in [0.5, 0.6) is 0 Å². The molecule has 5 nitrogen and oxygen atoms in total. The lowest BCUT2D eigenvalue weighted by molar-refractivity contribution is -0.153. The first-order valence-electron chi connectivity index (χ1n) is 5.81. The number of aliphatic carboxylic acids is 1. The predicted molar refractivity (Wildman–Crippen MR) is 70.4 cm³/mol. The zero-order valence-corrected chi connectivity index (χ0v) is 10.5. The van der Waals surface area contributed by atoms with Gasteiger partial charge in [-0.15, -0.1) is 0 Å². The lowest BCUT2D eigenvalue weighted by atomic mass is 9.82. The number of hydrogen-bond acceptors (Lipinski definition) is 3. The molecule has 0 bridgehead atoms. The maximum atomic E-state index is 11.4. The fourth-order valence-electron chi connectivity index (χ4n) is 1.96. The Morgan fingerprint density at radius 1 is 1.32 bits per heavy atom. The molecule has 0 aliphatic heterocycles. The van der Waals surface area contributed by atoms with Crippen LogP contribution in [0.15, 0.2) is 36.5 Å². The Hall–Kier alpha value is -2.43. The molecule has 1 atom stereocenters. The zero-order chi connectivity index (χ0) is 14.0. The Kier molecular flexibility index (Phi) is 3.21. The van der Waals surface area contributed by atoms with Crippen LogP contribution < -0.4 is 5.73 Å². The molecule has 0 saturated heterocycles. The summed E-state index contributed by atoms with van der Waals surface area (Å²) in [7, 11) is 0. The fraction of sp³-hybridized carbons (Fsp3) is 0.214. The molecule has 1 aromatic heterocycles. The van der Waals surface area contributed by atoms with Gasteiger partial charge in [-0.25, -0.2) is 0 Å². The van der Waals surface area contributed by atoms with Crippen LogP contribution in [-0.2, 0) is 16.0 Å². The average molecular weight is 258 g/mol. The van der Waals surface area contributed by atoms with Crippen molar-refractivity contribution in [1.29, 1.82) is 0 Å². The van der Waals surface area contributed by atoms with Crippen molar-refractivity contribution in [3.8, 4) is 0 Å². The molecule has 1 aromatic carbocycles. The number of primary amides is 1. The summed E-state index contributed by atoms with van der Waals surface area (Å²) in [5, 5.41) is 10.1. The van der Waals surface area contributed by atoms with Crippen LogP contribution in [0, 0.1) is 5.41 Å². The predicted octanol–water partition coefficient (Wildman–Crippen LogP) is 1.35. The number of para-hydroxylation sites is 1. The quantitative estimate of drug-likeness (QED) is 0.809. The first-order chi connectivity index (χ1) is 8.95. The number of aromatic nitrogens is 1. The molecular weight excluding hydrogens is 244 g/mol. The van der Waals surface area contributed by atoms with E-state index in [1.807, 2.05) is 24.3 Å². The molecule has 2 aromatic rings. The minimum absolute atomic E-state index is 0.0424. The molecule has 0 spiro atoms. The summed E-state index contributed by atoms with van der Waals surface area (Å²) in [5.41, 5.74) is 5.11. The van der Waals surface area contributed by atoms with E-state index in [0.717, 1.165) is 16.5 Å². The van der Waals surface area contributed by atoms with Gasteiger partial charge in [-0.05, 0) is 31.0 Å². The molecule has 0 saturated carbocycles. The molecule has 19 heavy (non-hydrogen) atoms. The number of carboxylic acids is 1. The van der Waals surface area contributed by atoms with Gasteiger partial charge in [0.1, 0.15) is 5.41 Å². The second kappa shape index (κ2) is 4.68. The number of nitrogens with zero attached hydrogens (tertiary/aromatic N) is 1. The van der Waals surface area contributed by atoms with Crippen LogP contribution in [0.1, 0.15) is 12.5 Å². The monoisotopic (exact) mass is 258 g/mol. The summed E-state index contributed by atoms with van der Waals surface area (Å²) in [6.45, 7) is 1.34. The largest absolute Gasteiger partial charge is 0.480 e. The Bertz CT molecular complexity index is 633. The van der Waals surface area contributed by atoms with Gasteiger partial charge in [0.15, 0.2) is 0 Å². The third-order valence-corrected chi connectivity index (χ3v) is 3.30. The first kappa shape index (κ1) is 13.0. The highest BCUT2D eigenvalue weighted by Gasteiger charge is 2.40. The molecule has 1 unspecified atom stereocenters. The van der Waals surface area contributed by atoms with Gasteiger partial charge in [0.05, 0.1) is 5.52 Å². The molecule has 3 N–H and O–H groups in total. The molecule has 1 amide bonds. The van der Waals surface area contributed by atoms with E-state index in [1.54, 1.807) is 12.3 Å². The normalized spacial score (nSPS) is 13.9. The molecule has 0 fully saturated rings. The van der Waals surface area contributed by atoms with Gasteiger partial charge in [0.2, 0.25) is 5.91 Å². The van der Waals surface area contributed by atoms with Gasteiger partial charge in [-0.2, -0.15) is 0 Å². The van der Waals surface area contributed by atoms with Crippen LogP contribution in [0.3, 0.4) is 0 Å². The van der Waals surface area contributed by atoms with Crippen molar-refractivity contribution in [2.24, 2.45) is 11.1 Å². The standard InChI is InChI=1S/C14H14N2O3/c1-14(12(15)17,13(18)19)8-9-6-7-16-11-5-3-2-4-10(9)11/h2-7H,8H2,1H3,(H2,15,17)(H,18,19). The smallest absolute Gasteiger partial charge is 0.319 e. The van der Waals surface area contributed by atoms with E-state index in [9.17, 15) is 14.7 Å². The molecule has 0 radical (unpaired) electrons. The van der Waals surface area contributed by atoms with Gasteiger partial charge in [0, 0.05) is 11.6 Å². The molecule has 5 heteroatoms. The number of hydrogen-bond donors (Lipinski definition) is 2. The summed E-state index contributed by atoms with van der Waals surface area (Å²) in [4.78, 5) is 26.9. The van der Waals surface area contributed by atoms with Crippen molar-refractivity contribution in [2.75, 3.05) is 0 Å². The molecular formula is C14H14N2O3. The number of carboxylic acid groups (broad SMARTS) is 1. The van der Waals surface area contributed by atoms with Gasteiger partial charge in [0.25, 0.3) is 0 Å². The Balaban J connectivity index is 2.51. The lowest BCUT2D eigenvalue weighted by Crippen LogP contribution is -2.43. The van der Waals surface area contributed by atoms with E-state index in [-0.39, 0.29) is 6.42 Å². The summed E-state index contributed by atoms with van der Waals surface area (Å²) < 4.78 is 0. The summed E-state index contributed by atoms with van der Waals surface area (Å²) in [6.07, 6.45) is 1.64. The van der Waals surface area contributed by atoms with Crippen LogP contribution in [0.4, 0.5) is 0 Å². The van der Waals surface area contributed by atoms with E-state index in [2.05, 4.69) is 4.98 Å². The summed E-state index contributed by atoms with van der Waals surface area (Å²) in [5.74, 6) is -2.07. The minimum atomic E-state index is -1.62. The topological polar surface area (TPSA) is 93.3 Å². The van der Waals surface area contributed by atoms with E-state index < -0.39 is 17.3 Å². The van der Waals surface area contributed by atoms with Crippen LogP contribution in [0.25, 0.3) is 10.9 Å². The number of carbonyl (C=O) groups is 2. The van der Waals surface area contributed by atoms with Crippen LogP contribution >= 0.6 is 0 Å². The average Bonchev–Trinajstić information content (AvgIpc) is 2.38. The lowest BCUT2D eigenvalue weighted by Gasteiger charge is -2.21. The third kappa shape index (κ3) is 2.27. The van der Waals surface area contributed by atoms with Gasteiger partial charge in [-0.1, -0.05) is 18.2 Å². The number of benzene rings is 1. The van der Waals surface area contributed by atoms with Gasteiger partial charge in [-0.3, -0.25) is 14.6 Å². The highest BCUT2D eigenvalue weighted by molar-refractivity contribution is 6.01. The van der Waals surface area contributed by atoms with Crippen molar-refractivity contribution >= 4 is 22.8 Å². The second-order valence-corrected chi connectivity index (χ2v) is 4.67. The van der Waals surface area contributed by atoms with Crippen molar-refractivity contribution < 1.29 is 14.7 Å². The molecule has 98 valence electrons. The minimum Gasteiger partial charge on any atom is -0.480 e. The number of rotatable bonds is 4. The number of carbonyl (C=O) groups excluding carboxylic acids is 1. The molecule has 2 rings (SSSR count). The maximum absolute atomic E-state index is 11.4. The second-order valence-electron chi connectivity index (χ2n) is 4.67. The van der Waals surface area contributed by atoms with Gasteiger partial charge < -0.3 is 10.8 Å². The summed E-state index contributed by atoms with van der Waals surface area (Å²) in [6, 6.07) is 9.09. The third-order valence-electron chi connectivity index (χ3n) is 3.30. The molecule has 0 aliphatic rings. The van der Waals surface area contributed by atoms with Crippen molar-refractivity contribution in [3.05, 3.63) is 42.1 Å². The number of amides is 1. The zero-order valence-electron chi connectivity index (χ0n) is 10.5. The van der Waals surface area contributed by atoms with Crippen molar-refractivity contribution in [1.82, 2.24) is 4.98 Å². The van der Waals surface area contributed by atoms with Crippen molar-refractivity contribution in [2.45, 2.75) is 13.3 Å². The molecule has 1 heterocycles. The SMILES string of the molecule is CC(Cc1ccnc2ccccc12)(C(N)=O)C(=O)O. The van der Waals surface area contributed by atoms with E-state index >= 15 is 0 Å². The van der Waals surface area contributed by atoms with Crippen LogP contribution in [0.2, 0.25) is 0 Å². The highest BCUT2D eigenvalue weighted by Crippen LogP contribution is 2.26. The number of nitrogens with two attached hydrogens (primary N) is 1.